The van der Waals surface area contributed by atoms with Crippen LogP contribution >= 0.6 is 34.2 Å². The van der Waals surface area contributed by atoms with E-state index in [1.54, 1.807) is 12.1 Å². The Morgan fingerprint density at radius 3 is 3.12 bits per heavy atom. The number of benzene rings is 1. The van der Waals surface area contributed by atoms with Gasteiger partial charge in [-0.05, 0) is 47.2 Å². The molecule has 1 aliphatic heterocycles. The van der Waals surface area contributed by atoms with Gasteiger partial charge in [0.25, 0.3) is 5.91 Å². The van der Waals surface area contributed by atoms with Gasteiger partial charge in [-0.3, -0.25) is 4.79 Å². The Labute approximate surface area is 119 Å². The van der Waals surface area contributed by atoms with Crippen molar-refractivity contribution in [2.75, 3.05) is 19.8 Å². The second-order valence-corrected chi connectivity index (χ2v) is 5.66. The maximum atomic E-state index is 12.0. The lowest BCUT2D eigenvalue weighted by Crippen LogP contribution is -2.30. The van der Waals surface area contributed by atoms with Gasteiger partial charge in [-0.25, -0.2) is 0 Å². The Hall–Kier alpha value is -0.330. The standard InChI is InChI=1S/C12H13ClINO2/c13-9-1-2-11(14)10(5-9)12(16)15-6-8-3-4-17-7-8/h1-2,5,8H,3-4,6-7H2,(H,15,16)/t8-/m1/s1. The second-order valence-electron chi connectivity index (χ2n) is 4.06. The molecule has 1 amide bonds. The summed E-state index contributed by atoms with van der Waals surface area (Å²) in [5, 5.41) is 3.51. The molecule has 1 atom stereocenters. The molecule has 0 aromatic heterocycles. The van der Waals surface area contributed by atoms with Crippen LogP contribution in [-0.2, 0) is 4.74 Å². The van der Waals surface area contributed by atoms with Gasteiger partial charge < -0.3 is 10.1 Å². The molecule has 0 saturated carbocycles. The van der Waals surface area contributed by atoms with Crippen LogP contribution in [0.5, 0.6) is 0 Å². The lowest BCUT2D eigenvalue weighted by atomic mass is 10.1. The molecular formula is C12H13ClINO2. The smallest absolute Gasteiger partial charge is 0.252 e. The van der Waals surface area contributed by atoms with Gasteiger partial charge in [0.15, 0.2) is 0 Å². The van der Waals surface area contributed by atoms with Crippen LogP contribution in [-0.4, -0.2) is 25.7 Å². The van der Waals surface area contributed by atoms with E-state index < -0.39 is 0 Å². The van der Waals surface area contributed by atoms with Crippen molar-refractivity contribution in [2.45, 2.75) is 6.42 Å². The Balaban J connectivity index is 1.96. The van der Waals surface area contributed by atoms with Crippen LogP contribution in [0.3, 0.4) is 0 Å². The van der Waals surface area contributed by atoms with E-state index in [1.807, 2.05) is 6.07 Å². The summed E-state index contributed by atoms with van der Waals surface area (Å²) >= 11 is 8.02. The Bertz CT molecular complexity index is 419. The molecule has 3 nitrogen and oxygen atoms in total. The van der Waals surface area contributed by atoms with E-state index in [0.29, 0.717) is 23.0 Å². The van der Waals surface area contributed by atoms with Gasteiger partial charge in [0.1, 0.15) is 0 Å². The van der Waals surface area contributed by atoms with Crippen LogP contribution in [0.15, 0.2) is 18.2 Å². The topological polar surface area (TPSA) is 38.3 Å². The van der Waals surface area contributed by atoms with E-state index in [2.05, 4.69) is 27.9 Å². The Kier molecular flexibility index (Phi) is 4.64. The quantitative estimate of drug-likeness (QED) is 0.837. The number of amides is 1. The van der Waals surface area contributed by atoms with E-state index in [0.717, 1.165) is 23.2 Å². The van der Waals surface area contributed by atoms with Gasteiger partial charge in [0.2, 0.25) is 0 Å². The molecule has 1 fully saturated rings. The number of hydrogen-bond donors (Lipinski definition) is 1. The first-order valence-corrected chi connectivity index (χ1v) is 6.93. The van der Waals surface area contributed by atoms with Crippen molar-refractivity contribution >= 4 is 40.1 Å². The van der Waals surface area contributed by atoms with Crippen LogP contribution in [0.1, 0.15) is 16.8 Å². The van der Waals surface area contributed by atoms with Gasteiger partial charge in [-0.15, -0.1) is 0 Å². The minimum atomic E-state index is -0.0659. The summed E-state index contributed by atoms with van der Waals surface area (Å²) < 4.78 is 6.17. The second kappa shape index (κ2) is 6.02. The van der Waals surface area contributed by atoms with Crippen LogP contribution in [0.25, 0.3) is 0 Å². The zero-order chi connectivity index (χ0) is 12.3. The van der Waals surface area contributed by atoms with Crippen molar-refractivity contribution < 1.29 is 9.53 Å². The van der Waals surface area contributed by atoms with Crippen molar-refractivity contribution in [2.24, 2.45) is 5.92 Å². The number of ether oxygens (including phenoxy) is 1. The molecule has 5 heteroatoms. The van der Waals surface area contributed by atoms with Gasteiger partial charge in [-0.2, -0.15) is 0 Å². The summed E-state index contributed by atoms with van der Waals surface area (Å²) in [7, 11) is 0. The Morgan fingerprint density at radius 1 is 1.59 bits per heavy atom. The predicted octanol–water partition coefficient (Wildman–Crippen LogP) is 2.71. The average molecular weight is 366 g/mol. The van der Waals surface area contributed by atoms with E-state index >= 15 is 0 Å². The fraction of sp³-hybridized carbons (Fsp3) is 0.417. The molecular weight excluding hydrogens is 352 g/mol. The van der Waals surface area contributed by atoms with Crippen molar-refractivity contribution in [3.8, 4) is 0 Å². The van der Waals surface area contributed by atoms with Crippen LogP contribution in [0, 0.1) is 9.49 Å². The summed E-state index contributed by atoms with van der Waals surface area (Å²) in [4.78, 5) is 12.0. The molecule has 2 rings (SSSR count). The third kappa shape index (κ3) is 3.56. The van der Waals surface area contributed by atoms with Crippen molar-refractivity contribution in [1.82, 2.24) is 5.32 Å². The lowest BCUT2D eigenvalue weighted by molar-refractivity contribution is 0.0944. The van der Waals surface area contributed by atoms with Gasteiger partial charge in [0, 0.05) is 27.7 Å². The third-order valence-corrected chi connectivity index (χ3v) is 3.92. The van der Waals surface area contributed by atoms with E-state index in [1.165, 1.54) is 0 Å². The van der Waals surface area contributed by atoms with E-state index in [9.17, 15) is 4.79 Å². The van der Waals surface area contributed by atoms with Crippen LogP contribution in [0.2, 0.25) is 5.02 Å². The predicted molar refractivity (Wildman–Crippen MR) is 75.4 cm³/mol. The van der Waals surface area contributed by atoms with Gasteiger partial charge >= 0.3 is 0 Å². The molecule has 0 bridgehead atoms. The number of halogens is 2. The lowest BCUT2D eigenvalue weighted by Gasteiger charge is -2.10. The largest absolute Gasteiger partial charge is 0.381 e. The summed E-state index contributed by atoms with van der Waals surface area (Å²) in [6, 6.07) is 5.32. The zero-order valence-electron chi connectivity index (χ0n) is 9.21. The van der Waals surface area contributed by atoms with Gasteiger partial charge in [0.05, 0.1) is 12.2 Å². The van der Waals surface area contributed by atoms with E-state index in [-0.39, 0.29) is 5.91 Å². The van der Waals surface area contributed by atoms with Crippen molar-refractivity contribution in [3.63, 3.8) is 0 Å². The first-order chi connectivity index (χ1) is 8.16. The highest BCUT2D eigenvalue weighted by atomic mass is 127. The molecule has 0 aliphatic carbocycles. The molecule has 1 aliphatic rings. The molecule has 0 radical (unpaired) electrons. The van der Waals surface area contributed by atoms with Crippen LogP contribution in [0.4, 0.5) is 0 Å². The first kappa shape index (κ1) is 13.1. The molecule has 1 aromatic rings. The molecule has 1 heterocycles. The van der Waals surface area contributed by atoms with Crippen LogP contribution < -0.4 is 5.32 Å². The summed E-state index contributed by atoms with van der Waals surface area (Å²) in [6.07, 6.45) is 1.02. The maximum absolute atomic E-state index is 12.0. The third-order valence-electron chi connectivity index (χ3n) is 2.75. The zero-order valence-corrected chi connectivity index (χ0v) is 12.1. The summed E-state index contributed by atoms with van der Waals surface area (Å²) in [5.74, 6) is 0.375. The summed E-state index contributed by atoms with van der Waals surface area (Å²) in [6.45, 7) is 2.21. The molecule has 0 unspecified atom stereocenters. The highest BCUT2D eigenvalue weighted by Crippen LogP contribution is 2.18. The SMILES string of the molecule is O=C(NC[C@H]1CCOC1)c1cc(Cl)ccc1I. The number of rotatable bonds is 3. The van der Waals surface area contributed by atoms with Gasteiger partial charge in [-0.1, -0.05) is 11.6 Å². The minimum absolute atomic E-state index is 0.0659. The first-order valence-electron chi connectivity index (χ1n) is 5.48. The van der Waals surface area contributed by atoms with Crippen molar-refractivity contribution in [1.29, 1.82) is 0 Å². The maximum Gasteiger partial charge on any atom is 0.252 e. The molecule has 0 spiro atoms. The molecule has 92 valence electrons. The van der Waals surface area contributed by atoms with Crippen molar-refractivity contribution in [3.05, 3.63) is 32.4 Å². The number of nitrogens with one attached hydrogen (secondary N) is 1. The Morgan fingerprint density at radius 2 is 2.41 bits per heavy atom. The fourth-order valence-electron chi connectivity index (χ4n) is 1.75. The number of carbonyl (C=O) groups excluding carboxylic acids is 1. The monoisotopic (exact) mass is 365 g/mol. The fourth-order valence-corrected chi connectivity index (χ4v) is 2.50. The highest BCUT2D eigenvalue weighted by Gasteiger charge is 2.17. The van der Waals surface area contributed by atoms with E-state index in [4.69, 9.17) is 16.3 Å². The normalized spacial score (nSPS) is 19.3. The molecule has 1 N–H and O–H groups in total. The molecule has 1 saturated heterocycles. The number of hydrogen-bond acceptors (Lipinski definition) is 2. The number of carbonyl (C=O) groups is 1. The molecule has 1 aromatic carbocycles. The summed E-state index contributed by atoms with van der Waals surface area (Å²) in [5.41, 5.74) is 0.636. The molecule has 17 heavy (non-hydrogen) atoms. The minimum Gasteiger partial charge on any atom is -0.381 e. The highest BCUT2D eigenvalue weighted by molar-refractivity contribution is 14.1. The average Bonchev–Trinajstić information content (AvgIpc) is 2.82.